The third kappa shape index (κ3) is 1.26. The van der Waals surface area contributed by atoms with Gasteiger partial charge in [0.25, 0.3) is 0 Å². The molecule has 1 aromatic rings. The van der Waals surface area contributed by atoms with E-state index < -0.39 is 0 Å². The number of hydrogen-bond donors (Lipinski definition) is 1. The number of aliphatic hydroxyl groups is 1. The normalized spacial score (nSPS) is 16.0. The lowest BCUT2D eigenvalue weighted by molar-refractivity contribution is -0.349. The number of allylic oxidation sites excluding steroid dienone is 1. The van der Waals surface area contributed by atoms with Crippen molar-refractivity contribution in [1.29, 1.82) is 0 Å². The summed E-state index contributed by atoms with van der Waals surface area (Å²) in [5.74, 6) is 1.86. The van der Waals surface area contributed by atoms with Crippen LogP contribution in [0.1, 0.15) is 5.56 Å². The lowest BCUT2D eigenvalue weighted by Gasteiger charge is -1.91. The lowest BCUT2D eigenvalue weighted by atomic mass is 10.2. The number of rotatable bonds is 1. The molecule has 2 rings (SSSR count). The Hall–Kier alpha value is -2.12. The summed E-state index contributed by atoms with van der Waals surface area (Å²) < 4.78 is 1.68. The van der Waals surface area contributed by atoms with Crippen LogP contribution in [0, 0.1) is 0 Å². The Labute approximate surface area is 80.9 Å². The molecule has 0 radical (unpaired) electrons. The van der Waals surface area contributed by atoms with Crippen molar-refractivity contribution in [3.63, 3.8) is 0 Å². The number of nitrogens with zero attached hydrogens (tertiary/aromatic N) is 1. The van der Waals surface area contributed by atoms with E-state index in [-0.39, 0.29) is 5.76 Å². The number of benzene rings is 1. The second kappa shape index (κ2) is 3.32. The quantitative estimate of drug-likeness (QED) is 0.535. The van der Waals surface area contributed by atoms with Crippen molar-refractivity contribution in [3.05, 3.63) is 42.1 Å². The van der Waals surface area contributed by atoms with Crippen LogP contribution in [0.15, 0.2) is 36.5 Å². The van der Waals surface area contributed by atoms with Gasteiger partial charge in [0.05, 0.1) is 11.6 Å². The van der Waals surface area contributed by atoms with Gasteiger partial charge in [-0.2, -0.15) is 4.58 Å². The van der Waals surface area contributed by atoms with Crippen molar-refractivity contribution < 1.29 is 14.5 Å². The molecular weight excluding hydrogens is 178 g/mol. The molecular formula is C11H8NO2+. The second-order valence-corrected chi connectivity index (χ2v) is 2.87. The number of para-hydroxylation sites is 1. The summed E-state index contributed by atoms with van der Waals surface area (Å²) in [5, 5.41) is 9.54. The maximum absolute atomic E-state index is 10.0. The highest BCUT2D eigenvalue weighted by Gasteiger charge is 2.23. The van der Waals surface area contributed by atoms with Crippen molar-refractivity contribution in [1.82, 2.24) is 0 Å². The smallest absolute Gasteiger partial charge is 0.222 e. The van der Waals surface area contributed by atoms with E-state index >= 15 is 0 Å². The van der Waals surface area contributed by atoms with E-state index in [1.165, 1.54) is 6.08 Å². The van der Waals surface area contributed by atoms with Crippen LogP contribution in [0.2, 0.25) is 0 Å². The standard InChI is InChI=1S/C11H7NO2/c13-7-3-6-12-8-11(14)9-4-1-2-5-10(9)12/h1-6,8H/p+1. The molecule has 0 saturated heterocycles. The van der Waals surface area contributed by atoms with Crippen LogP contribution in [0.4, 0.5) is 5.69 Å². The van der Waals surface area contributed by atoms with Crippen molar-refractivity contribution in [2.24, 2.45) is 0 Å². The van der Waals surface area contributed by atoms with E-state index in [9.17, 15) is 9.90 Å². The number of carbonyl (C=O) groups excluding carboxylic acids is 1. The fourth-order valence-corrected chi connectivity index (χ4v) is 1.42. The van der Waals surface area contributed by atoms with Crippen LogP contribution in [-0.4, -0.2) is 21.8 Å². The summed E-state index contributed by atoms with van der Waals surface area (Å²) in [7, 11) is 0. The van der Waals surface area contributed by atoms with Gasteiger partial charge in [-0.3, -0.25) is 0 Å². The van der Waals surface area contributed by atoms with Crippen molar-refractivity contribution >= 4 is 23.6 Å². The Morgan fingerprint density at radius 1 is 1.36 bits per heavy atom. The van der Waals surface area contributed by atoms with E-state index in [2.05, 4.69) is 0 Å². The minimum atomic E-state index is 0.205. The first-order chi connectivity index (χ1) is 6.83. The molecule has 0 unspecified atom stereocenters. The van der Waals surface area contributed by atoms with Gasteiger partial charge >= 0.3 is 0 Å². The molecule has 0 fully saturated rings. The molecule has 3 nitrogen and oxygen atoms in total. The SMILES string of the molecule is O=C=CC=[N+]1C=C(O)c2ccccc21. The van der Waals surface area contributed by atoms with Gasteiger partial charge in [0.2, 0.25) is 11.9 Å². The second-order valence-electron chi connectivity index (χ2n) is 2.87. The average Bonchev–Trinajstić information content (AvgIpc) is 2.54. The van der Waals surface area contributed by atoms with Crippen LogP contribution in [0.5, 0.6) is 0 Å². The highest BCUT2D eigenvalue weighted by Crippen LogP contribution is 2.30. The molecule has 0 atom stereocenters. The fourth-order valence-electron chi connectivity index (χ4n) is 1.42. The maximum Gasteiger partial charge on any atom is 0.222 e. The zero-order chi connectivity index (χ0) is 9.97. The zero-order valence-electron chi connectivity index (χ0n) is 7.34. The Balaban J connectivity index is 2.57. The van der Waals surface area contributed by atoms with Crippen molar-refractivity contribution in [2.75, 3.05) is 0 Å². The topological polar surface area (TPSA) is 40.3 Å². The summed E-state index contributed by atoms with van der Waals surface area (Å²) in [6.07, 6.45) is 4.36. The van der Waals surface area contributed by atoms with Crippen LogP contribution in [-0.2, 0) is 4.79 Å². The van der Waals surface area contributed by atoms with Gasteiger partial charge < -0.3 is 5.11 Å². The molecule has 14 heavy (non-hydrogen) atoms. The fraction of sp³-hybridized carbons (Fsp3) is 0. The van der Waals surface area contributed by atoms with Gasteiger partial charge in [-0.15, -0.1) is 0 Å². The largest absolute Gasteiger partial charge is 0.502 e. The van der Waals surface area contributed by atoms with E-state index in [1.54, 1.807) is 22.9 Å². The van der Waals surface area contributed by atoms with Gasteiger partial charge in [0.15, 0.2) is 12.0 Å². The molecule has 1 aliphatic heterocycles. The maximum atomic E-state index is 10.0. The van der Waals surface area contributed by atoms with Crippen LogP contribution in [0.3, 0.4) is 0 Å². The summed E-state index contributed by atoms with van der Waals surface area (Å²) in [6.45, 7) is 0. The van der Waals surface area contributed by atoms with Crippen LogP contribution >= 0.6 is 0 Å². The molecule has 0 saturated carbocycles. The molecule has 0 aromatic heterocycles. The summed E-state index contributed by atoms with van der Waals surface area (Å²) in [6, 6.07) is 7.41. The van der Waals surface area contributed by atoms with Crippen LogP contribution < -0.4 is 0 Å². The minimum absolute atomic E-state index is 0.205. The van der Waals surface area contributed by atoms with Crippen LogP contribution in [0.25, 0.3) is 5.76 Å². The lowest BCUT2D eigenvalue weighted by Crippen LogP contribution is -1.93. The van der Waals surface area contributed by atoms with Crippen molar-refractivity contribution in [2.45, 2.75) is 0 Å². The Morgan fingerprint density at radius 3 is 2.93 bits per heavy atom. The highest BCUT2D eigenvalue weighted by molar-refractivity contribution is 5.81. The van der Waals surface area contributed by atoms with E-state index in [0.717, 1.165) is 11.3 Å². The molecule has 1 heterocycles. The average molecular weight is 186 g/mol. The highest BCUT2D eigenvalue weighted by atomic mass is 16.3. The first-order valence-corrected chi connectivity index (χ1v) is 4.16. The predicted octanol–water partition coefficient (Wildman–Crippen LogP) is 1.66. The number of aliphatic hydroxyl groups excluding tert-OH is 1. The van der Waals surface area contributed by atoms with E-state index in [4.69, 9.17) is 0 Å². The first-order valence-electron chi connectivity index (χ1n) is 4.16. The van der Waals surface area contributed by atoms with Crippen molar-refractivity contribution in [3.8, 4) is 0 Å². The van der Waals surface area contributed by atoms with E-state index in [0.29, 0.717) is 0 Å². The number of hydrogen-bond acceptors (Lipinski definition) is 2. The van der Waals surface area contributed by atoms with Gasteiger partial charge in [-0.25, -0.2) is 4.79 Å². The Bertz CT molecular complexity index is 480. The molecule has 1 aromatic carbocycles. The Morgan fingerprint density at radius 2 is 2.14 bits per heavy atom. The molecule has 3 heteroatoms. The predicted molar refractivity (Wildman–Crippen MR) is 53.3 cm³/mol. The summed E-state index contributed by atoms with van der Waals surface area (Å²) in [5.41, 5.74) is 1.62. The third-order valence-electron chi connectivity index (χ3n) is 2.02. The summed E-state index contributed by atoms with van der Waals surface area (Å²) >= 11 is 0. The molecule has 0 bridgehead atoms. The number of fused-ring (bicyclic) bond motifs is 1. The Kier molecular flexibility index (Phi) is 2.01. The molecule has 68 valence electrons. The third-order valence-corrected chi connectivity index (χ3v) is 2.02. The van der Waals surface area contributed by atoms with E-state index in [1.807, 2.05) is 24.3 Å². The van der Waals surface area contributed by atoms with Gasteiger partial charge in [-0.05, 0) is 6.07 Å². The first kappa shape index (κ1) is 8.48. The summed E-state index contributed by atoms with van der Waals surface area (Å²) in [4.78, 5) is 10.0. The zero-order valence-corrected chi connectivity index (χ0v) is 7.34. The monoisotopic (exact) mass is 186 g/mol. The van der Waals surface area contributed by atoms with Gasteiger partial charge in [0.1, 0.15) is 5.94 Å². The van der Waals surface area contributed by atoms with Gasteiger partial charge in [-0.1, -0.05) is 12.1 Å². The molecule has 1 aliphatic rings. The van der Waals surface area contributed by atoms with Gasteiger partial charge in [0, 0.05) is 6.07 Å². The molecule has 0 amide bonds. The molecule has 0 spiro atoms. The minimum Gasteiger partial charge on any atom is -0.502 e. The molecule has 0 aliphatic carbocycles. The molecule has 1 N–H and O–H groups in total.